The molecule has 1 aromatic carbocycles. The van der Waals surface area contributed by atoms with Crippen molar-refractivity contribution in [2.45, 2.75) is 26.8 Å². The summed E-state index contributed by atoms with van der Waals surface area (Å²) in [6, 6.07) is 4.69. The number of hydrogen-bond acceptors (Lipinski definition) is 4. The molecule has 126 valence electrons. The highest BCUT2D eigenvalue weighted by Gasteiger charge is 2.28. The Labute approximate surface area is 136 Å². The van der Waals surface area contributed by atoms with Crippen LogP contribution in [0.15, 0.2) is 18.2 Å². The highest BCUT2D eigenvalue weighted by molar-refractivity contribution is 7.91. The predicted molar refractivity (Wildman–Crippen MR) is 88.1 cm³/mol. The fourth-order valence-electron chi connectivity index (χ4n) is 2.43. The van der Waals surface area contributed by atoms with Gasteiger partial charge in [-0.3, -0.25) is 9.59 Å². The number of carbonyl (C=O) groups is 2. The molecule has 0 aromatic heterocycles. The van der Waals surface area contributed by atoms with Crippen LogP contribution >= 0.6 is 0 Å². The molecule has 2 amide bonds. The Morgan fingerprint density at radius 2 is 1.74 bits per heavy atom. The van der Waals surface area contributed by atoms with E-state index in [1.807, 2.05) is 19.9 Å². The van der Waals surface area contributed by atoms with Gasteiger partial charge in [0.2, 0.25) is 5.91 Å². The van der Waals surface area contributed by atoms with Gasteiger partial charge in [0.05, 0.1) is 11.5 Å². The molecule has 0 spiro atoms. The molecule has 1 saturated heterocycles. The zero-order valence-electron chi connectivity index (χ0n) is 13.6. The van der Waals surface area contributed by atoms with Crippen molar-refractivity contribution in [3.63, 3.8) is 0 Å². The summed E-state index contributed by atoms with van der Waals surface area (Å²) in [6.45, 7) is 5.88. The van der Waals surface area contributed by atoms with Crippen molar-refractivity contribution in [3.05, 3.63) is 34.9 Å². The molecule has 0 radical (unpaired) electrons. The van der Waals surface area contributed by atoms with Crippen LogP contribution in [0.2, 0.25) is 0 Å². The molecule has 0 bridgehead atoms. The smallest absolute Gasteiger partial charge is 0.251 e. The first-order valence-electron chi connectivity index (χ1n) is 7.57. The summed E-state index contributed by atoms with van der Waals surface area (Å²) >= 11 is 0. The third kappa shape index (κ3) is 4.31. The van der Waals surface area contributed by atoms with Crippen LogP contribution < -0.4 is 5.32 Å². The van der Waals surface area contributed by atoms with Crippen LogP contribution in [0.1, 0.15) is 28.4 Å². The first-order chi connectivity index (χ1) is 10.7. The highest BCUT2D eigenvalue weighted by atomic mass is 32.2. The van der Waals surface area contributed by atoms with E-state index in [2.05, 4.69) is 5.32 Å². The quantitative estimate of drug-likeness (QED) is 0.878. The van der Waals surface area contributed by atoms with Crippen LogP contribution in [0.25, 0.3) is 0 Å². The fraction of sp³-hybridized carbons (Fsp3) is 0.500. The molecule has 23 heavy (non-hydrogen) atoms. The molecule has 0 aliphatic carbocycles. The number of amides is 2. The average molecular weight is 338 g/mol. The van der Waals surface area contributed by atoms with Gasteiger partial charge in [0.25, 0.3) is 5.91 Å². The summed E-state index contributed by atoms with van der Waals surface area (Å²) in [5.74, 6) is -0.594. The minimum atomic E-state index is -3.03. The molecule has 1 atom stereocenters. The Hall–Kier alpha value is -1.89. The van der Waals surface area contributed by atoms with Gasteiger partial charge < -0.3 is 10.2 Å². The molecular formula is C16H22N2O4S. The Bertz CT molecular complexity index is 714. The number of carbonyl (C=O) groups excluding carboxylic acids is 2. The zero-order chi connectivity index (χ0) is 17.2. The van der Waals surface area contributed by atoms with Crippen LogP contribution in [0, 0.1) is 13.8 Å². The van der Waals surface area contributed by atoms with Crippen LogP contribution in [0.4, 0.5) is 0 Å². The van der Waals surface area contributed by atoms with E-state index in [1.54, 1.807) is 19.1 Å². The third-order valence-corrected chi connectivity index (χ3v) is 5.75. The number of aryl methyl sites for hydroxylation is 2. The SMILES string of the molecule is Cc1ccc(C(=O)NC(C)C(=O)N2CCS(=O)(=O)CC2)cc1C. The number of rotatable bonds is 3. The second kappa shape index (κ2) is 6.70. The number of hydrogen-bond donors (Lipinski definition) is 1. The van der Waals surface area contributed by atoms with Gasteiger partial charge in [-0.2, -0.15) is 0 Å². The maximum absolute atomic E-state index is 12.3. The molecule has 6 nitrogen and oxygen atoms in total. The number of nitrogens with one attached hydrogen (secondary N) is 1. The van der Waals surface area contributed by atoms with Gasteiger partial charge in [-0.05, 0) is 44.0 Å². The van der Waals surface area contributed by atoms with Gasteiger partial charge in [0, 0.05) is 18.7 Å². The lowest BCUT2D eigenvalue weighted by Gasteiger charge is -2.29. The number of sulfone groups is 1. The molecule has 1 aliphatic rings. The average Bonchev–Trinajstić information content (AvgIpc) is 2.49. The van der Waals surface area contributed by atoms with E-state index in [4.69, 9.17) is 0 Å². The minimum Gasteiger partial charge on any atom is -0.341 e. The van der Waals surface area contributed by atoms with Gasteiger partial charge in [0.1, 0.15) is 6.04 Å². The molecule has 7 heteroatoms. The second-order valence-electron chi connectivity index (χ2n) is 5.97. The lowest BCUT2D eigenvalue weighted by Crippen LogP contribution is -2.51. The van der Waals surface area contributed by atoms with E-state index in [0.717, 1.165) is 11.1 Å². The molecule has 1 heterocycles. The van der Waals surface area contributed by atoms with E-state index < -0.39 is 15.9 Å². The summed E-state index contributed by atoms with van der Waals surface area (Å²) in [5, 5.41) is 2.68. The second-order valence-corrected chi connectivity index (χ2v) is 8.27. The zero-order valence-corrected chi connectivity index (χ0v) is 14.4. The highest BCUT2D eigenvalue weighted by Crippen LogP contribution is 2.11. The molecule has 2 rings (SSSR count). The van der Waals surface area contributed by atoms with Crippen molar-refractivity contribution >= 4 is 21.7 Å². The molecule has 1 N–H and O–H groups in total. The molecule has 1 unspecified atom stereocenters. The lowest BCUT2D eigenvalue weighted by molar-refractivity contribution is -0.132. The maximum atomic E-state index is 12.3. The van der Waals surface area contributed by atoms with Crippen molar-refractivity contribution in [1.82, 2.24) is 10.2 Å². The topological polar surface area (TPSA) is 83.6 Å². The van der Waals surface area contributed by atoms with E-state index in [0.29, 0.717) is 5.56 Å². The van der Waals surface area contributed by atoms with Crippen molar-refractivity contribution in [2.75, 3.05) is 24.6 Å². The van der Waals surface area contributed by atoms with Crippen molar-refractivity contribution < 1.29 is 18.0 Å². The Kier molecular flexibility index (Phi) is 5.09. The summed E-state index contributed by atoms with van der Waals surface area (Å²) in [6.07, 6.45) is 0. The van der Waals surface area contributed by atoms with Crippen LogP contribution in [0.5, 0.6) is 0 Å². The Balaban J connectivity index is 1.98. The first kappa shape index (κ1) is 17.5. The minimum absolute atomic E-state index is 0.0173. The molecule has 1 aromatic rings. The standard InChI is InChI=1S/C16H22N2O4S/c1-11-4-5-14(10-12(11)2)15(19)17-13(3)16(20)18-6-8-23(21,22)9-7-18/h4-5,10,13H,6-9H2,1-3H3,(H,17,19). The Morgan fingerprint density at radius 1 is 1.13 bits per heavy atom. The van der Waals surface area contributed by atoms with E-state index in [-0.39, 0.29) is 36.4 Å². The van der Waals surface area contributed by atoms with Crippen LogP contribution in [-0.4, -0.2) is 55.8 Å². The van der Waals surface area contributed by atoms with Gasteiger partial charge in [-0.25, -0.2) is 8.42 Å². The lowest BCUT2D eigenvalue weighted by atomic mass is 10.1. The predicted octanol–water partition coefficient (Wildman–Crippen LogP) is 0.679. The van der Waals surface area contributed by atoms with Crippen molar-refractivity contribution in [2.24, 2.45) is 0 Å². The first-order valence-corrected chi connectivity index (χ1v) is 9.39. The molecular weight excluding hydrogens is 316 g/mol. The normalized spacial score (nSPS) is 18.3. The van der Waals surface area contributed by atoms with E-state index in [1.165, 1.54) is 4.90 Å². The van der Waals surface area contributed by atoms with Crippen LogP contribution in [0.3, 0.4) is 0 Å². The summed E-state index contributed by atoms with van der Waals surface area (Å²) in [5.41, 5.74) is 2.62. The number of nitrogens with zero attached hydrogens (tertiary/aromatic N) is 1. The summed E-state index contributed by atoms with van der Waals surface area (Å²) < 4.78 is 22.8. The van der Waals surface area contributed by atoms with Gasteiger partial charge in [0.15, 0.2) is 9.84 Å². The largest absolute Gasteiger partial charge is 0.341 e. The molecule has 0 saturated carbocycles. The van der Waals surface area contributed by atoms with Gasteiger partial charge in [-0.15, -0.1) is 0 Å². The van der Waals surface area contributed by atoms with E-state index >= 15 is 0 Å². The van der Waals surface area contributed by atoms with Gasteiger partial charge >= 0.3 is 0 Å². The third-order valence-electron chi connectivity index (χ3n) is 4.14. The summed E-state index contributed by atoms with van der Waals surface area (Å²) in [4.78, 5) is 26.0. The van der Waals surface area contributed by atoms with E-state index in [9.17, 15) is 18.0 Å². The van der Waals surface area contributed by atoms with Gasteiger partial charge in [-0.1, -0.05) is 6.07 Å². The van der Waals surface area contributed by atoms with Crippen LogP contribution in [-0.2, 0) is 14.6 Å². The van der Waals surface area contributed by atoms with Crippen molar-refractivity contribution in [1.29, 1.82) is 0 Å². The number of benzene rings is 1. The molecule has 1 aliphatic heterocycles. The molecule has 1 fully saturated rings. The Morgan fingerprint density at radius 3 is 2.30 bits per heavy atom. The monoisotopic (exact) mass is 338 g/mol. The fourth-order valence-corrected chi connectivity index (χ4v) is 3.63. The summed E-state index contributed by atoms with van der Waals surface area (Å²) in [7, 11) is -3.03. The van der Waals surface area contributed by atoms with Crippen molar-refractivity contribution in [3.8, 4) is 0 Å². The maximum Gasteiger partial charge on any atom is 0.251 e.